The number of quaternary nitrogens is 1. The van der Waals surface area contributed by atoms with Crippen molar-refractivity contribution in [1.29, 1.82) is 0 Å². The van der Waals surface area contributed by atoms with Crippen molar-refractivity contribution < 1.29 is 24.3 Å². The molecule has 1 rings (SSSR count). The maximum absolute atomic E-state index is 5.62. The van der Waals surface area contributed by atoms with E-state index in [2.05, 4.69) is 5.32 Å². The van der Waals surface area contributed by atoms with Gasteiger partial charge >= 0.3 is 0 Å². The van der Waals surface area contributed by atoms with Gasteiger partial charge in [-0.3, -0.25) is 0 Å². The van der Waals surface area contributed by atoms with E-state index in [0.29, 0.717) is 19.8 Å². The Kier molecular flexibility index (Phi) is 10.5. The van der Waals surface area contributed by atoms with Gasteiger partial charge in [0.2, 0.25) is 0 Å². The smallest absolute Gasteiger partial charge is 0.123 e. The molecule has 0 amide bonds. The van der Waals surface area contributed by atoms with Gasteiger partial charge in [-0.1, -0.05) is 6.07 Å². The lowest BCUT2D eigenvalue weighted by molar-refractivity contribution is -0.656. The molecule has 5 nitrogen and oxygen atoms in total. The van der Waals surface area contributed by atoms with Crippen LogP contribution in [-0.2, 0) is 9.47 Å². The van der Waals surface area contributed by atoms with Crippen LogP contribution in [0, 0.1) is 0 Å². The lowest BCUT2D eigenvalue weighted by Crippen LogP contribution is -2.85. The maximum Gasteiger partial charge on any atom is 0.123 e. The Morgan fingerprint density at radius 1 is 0.952 bits per heavy atom. The number of hydrogen-bond acceptors (Lipinski definition) is 4. The van der Waals surface area contributed by atoms with Gasteiger partial charge in [-0.15, -0.1) is 0 Å². The molecule has 0 saturated carbocycles. The SMILES string of the molecule is CCOc1cccc(OCCOCC[NH2+]CCCOC)c1. The zero-order valence-electron chi connectivity index (χ0n) is 13.2. The molecule has 2 N–H and O–H groups in total. The third-order valence-corrected chi connectivity index (χ3v) is 2.84. The van der Waals surface area contributed by atoms with Gasteiger partial charge in [-0.25, -0.2) is 0 Å². The number of nitrogens with two attached hydrogens (primary N) is 1. The highest BCUT2D eigenvalue weighted by Crippen LogP contribution is 2.19. The molecule has 120 valence electrons. The zero-order valence-corrected chi connectivity index (χ0v) is 13.2. The number of ether oxygens (including phenoxy) is 4. The number of benzene rings is 1. The molecule has 0 radical (unpaired) electrons. The molecule has 0 heterocycles. The summed E-state index contributed by atoms with van der Waals surface area (Å²) in [7, 11) is 1.73. The lowest BCUT2D eigenvalue weighted by atomic mass is 10.3. The predicted octanol–water partition coefficient (Wildman–Crippen LogP) is 1.08. The molecule has 5 heteroatoms. The van der Waals surface area contributed by atoms with Crippen LogP contribution >= 0.6 is 0 Å². The largest absolute Gasteiger partial charge is 0.494 e. The molecule has 0 atom stereocenters. The van der Waals surface area contributed by atoms with Gasteiger partial charge in [-0.2, -0.15) is 0 Å². The average Bonchev–Trinajstić information content (AvgIpc) is 2.50. The number of hydrogen-bond donors (Lipinski definition) is 1. The molecule has 0 fully saturated rings. The summed E-state index contributed by atoms with van der Waals surface area (Å²) in [6.45, 7) is 7.41. The van der Waals surface area contributed by atoms with Gasteiger partial charge in [0.25, 0.3) is 0 Å². The summed E-state index contributed by atoms with van der Waals surface area (Å²) in [5, 5.41) is 2.24. The first-order chi connectivity index (χ1) is 10.4. The molecule has 21 heavy (non-hydrogen) atoms. The van der Waals surface area contributed by atoms with Crippen molar-refractivity contribution in [3.8, 4) is 11.5 Å². The van der Waals surface area contributed by atoms with Crippen molar-refractivity contribution in [2.75, 3.05) is 53.2 Å². The van der Waals surface area contributed by atoms with Crippen molar-refractivity contribution in [1.82, 2.24) is 0 Å². The van der Waals surface area contributed by atoms with E-state index in [-0.39, 0.29) is 0 Å². The van der Waals surface area contributed by atoms with Crippen LogP contribution in [0.1, 0.15) is 13.3 Å². The highest BCUT2D eigenvalue weighted by atomic mass is 16.5. The molecule has 1 aromatic rings. The second kappa shape index (κ2) is 12.4. The minimum absolute atomic E-state index is 0.555. The quantitative estimate of drug-likeness (QED) is 0.554. The molecule has 0 aliphatic heterocycles. The van der Waals surface area contributed by atoms with Crippen LogP contribution < -0.4 is 14.8 Å². The van der Waals surface area contributed by atoms with E-state index in [0.717, 1.165) is 44.2 Å². The Labute approximate surface area is 127 Å². The fraction of sp³-hybridized carbons (Fsp3) is 0.625. The second-order valence-corrected chi connectivity index (χ2v) is 4.58. The molecular formula is C16H28NO4+. The molecule has 0 aromatic heterocycles. The first kappa shape index (κ1) is 17.8. The average molecular weight is 298 g/mol. The van der Waals surface area contributed by atoms with E-state index in [4.69, 9.17) is 18.9 Å². The lowest BCUT2D eigenvalue weighted by Gasteiger charge is -2.09. The summed E-state index contributed by atoms with van der Waals surface area (Å²) in [5.41, 5.74) is 0. The molecular weight excluding hydrogens is 270 g/mol. The Balaban J connectivity index is 1.97. The van der Waals surface area contributed by atoms with Crippen LogP contribution in [0.3, 0.4) is 0 Å². The highest BCUT2D eigenvalue weighted by Gasteiger charge is 1.98. The zero-order chi connectivity index (χ0) is 15.2. The monoisotopic (exact) mass is 298 g/mol. The van der Waals surface area contributed by atoms with Crippen molar-refractivity contribution >= 4 is 0 Å². The molecule has 1 aromatic carbocycles. The summed E-state index contributed by atoms with van der Waals surface area (Å²) < 4.78 is 21.6. The minimum Gasteiger partial charge on any atom is -0.494 e. The van der Waals surface area contributed by atoms with Crippen LogP contribution in [0.25, 0.3) is 0 Å². The van der Waals surface area contributed by atoms with E-state index in [1.807, 2.05) is 31.2 Å². The molecule has 0 unspecified atom stereocenters. The molecule has 0 aliphatic carbocycles. The van der Waals surface area contributed by atoms with E-state index < -0.39 is 0 Å². The van der Waals surface area contributed by atoms with Crippen molar-refractivity contribution in [3.63, 3.8) is 0 Å². The van der Waals surface area contributed by atoms with E-state index in [1.165, 1.54) is 0 Å². The van der Waals surface area contributed by atoms with Crippen LogP contribution in [0.2, 0.25) is 0 Å². The molecule has 0 saturated heterocycles. The van der Waals surface area contributed by atoms with Crippen LogP contribution in [0.15, 0.2) is 24.3 Å². The fourth-order valence-corrected chi connectivity index (χ4v) is 1.82. The first-order valence-corrected chi connectivity index (χ1v) is 7.60. The van der Waals surface area contributed by atoms with Gasteiger partial charge < -0.3 is 24.3 Å². The third kappa shape index (κ3) is 9.28. The standard InChI is InChI=1S/C16H27NO4/c1-3-20-15-6-4-7-16(14-15)21-13-12-19-11-9-17-8-5-10-18-2/h4,6-7,14,17H,3,5,8-13H2,1-2H3/p+1. The normalized spacial score (nSPS) is 10.6. The molecule has 0 bridgehead atoms. The van der Waals surface area contributed by atoms with Gasteiger partial charge in [-0.05, 0) is 19.1 Å². The summed E-state index contributed by atoms with van der Waals surface area (Å²) in [4.78, 5) is 0. The van der Waals surface area contributed by atoms with Crippen LogP contribution in [0.4, 0.5) is 0 Å². The van der Waals surface area contributed by atoms with Gasteiger partial charge in [0.15, 0.2) is 0 Å². The fourth-order valence-electron chi connectivity index (χ4n) is 1.82. The first-order valence-electron chi connectivity index (χ1n) is 7.60. The second-order valence-electron chi connectivity index (χ2n) is 4.58. The summed E-state index contributed by atoms with van der Waals surface area (Å²) >= 11 is 0. The van der Waals surface area contributed by atoms with E-state index >= 15 is 0 Å². The topological polar surface area (TPSA) is 53.5 Å². The Morgan fingerprint density at radius 2 is 1.76 bits per heavy atom. The Bertz CT molecular complexity index is 360. The molecule has 0 spiro atoms. The number of methoxy groups -OCH3 is 1. The van der Waals surface area contributed by atoms with Crippen molar-refractivity contribution in [2.24, 2.45) is 0 Å². The molecule has 0 aliphatic rings. The summed E-state index contributed by atoms with van der Waals surface area (Å²) in [5.74, 6) is 1.65. The van der Waals surface area contributed by atoms with Gasteiger partial charge in [0, 0.05) is 19.6 Å². The van der Waals surface area contributed by atoms with Crippen molar-refractivity contribution in [2.45, 2.75) is 13.3 Å². The van der Waals surface area contributed by atoms with E-state index in [1.54, 1.807) is 7.11 Å². The maximum atomic E-state index is 5.62. The Morgan fingerprint density at radius 3 is 2.52 bits per heavy atom. The number of rotatable bonds is 13. The van der Waals surface area contributed by atoms with Gasteiger partial charge in [0.05, 0.1) is 39.5 Å². The predicted molar refractivity (Wildman–Crippen MR) is 82.1 cm³/mol. The van der Waals surface area contributed by atoms with Crippen molar-refractivity contribution in [3.05, 3.63) is 24.3 Å². The Hall–Kier alpha value is -1.30. The van der Waals surface area contributed by atoms with E-state index in [9.17, 15) is 0 Å². The highest BCUT2D eigenvalue weighted by molar-refractivity contribution is 5.32. The summed E-state index contributed by atoms with van der Waals surface area (Å²) in [6, 6.07) is 7.67. The summed E-state index contributed by atoms with van der Waals surface area (Å²) in [6.07, 6.45) is 1.08. The third-order valence-electron chi connectivity index (χ3n) is 2.84. The van der Waals surface area contributed by atoms with Crippen LogP contribution in [-0.4, -0.2) is 53.2 Å². The van der Waals surface area contributed by atoms with Crippen LogP contribution in [0.5, 0.6) is 11.5 Å². The van der Waals surface area contributed by atoms with Gasteiger partial charge in [0.1, 0.15) is 18.1 Å². The minimum atomic E-state index is 0.555.